The fourth-order valence-electron chi connectivity index (χ4n) is 2.40. The number of ether oxygens (including phenoxy) is 3. The zero-order valence-electron chi connectivity index (χ0n) is 15.1. The summed E-state index contributed by atoms with van der Waals surface area (Å²) in [5.41, 5.74) is 1.56. The minimum atomic E-state index is -0.325. The summed E-state index contributed by atoms with van der Waals surface area (Å²) < 4.78 is 16.0. The summed E-state index contributed by atoms with van der Waals surface area (Å²) in [6, 6.07) is 10.4. The molecule has 2 aromatic carbocycles. The Morgan fingerprint density at radius 3 is 2.46 bits per heavy atom. The third-order valence-electron chi connectivity index (χ3n) is 3.64. The largest absolute Gasteiger partial charge is 0.493 e. The SMILES string of the molecule is CCOc1ccc(Cl)cc1NC(=O)NCCc1ccc(OC)c(OC)c1. The Morgan fingerprint density at radius 1 is 1.04 bits per heavy atom. The predicted octanol–water partition coefficient (Wildman–Crippen LogP) is 4.12. The van der Waals surface area contributed by atoms with Crippen molar-refractivity contribution in [1.29, 1.82) is 0 Å². The highest BCUT2D eigenvalue weighted by Crippen LogP contribution is 2.28. The monoisotopic (exact) mass is 378 g/mol. The number of anilines is 1. The van der Waals surface area contributed by atoms with E-state index in [1.807, 2.05) is 25.1 Å². The molecule has 0 heterocycles. The van der Waals surface area contributed by atoms with Gasteiger partial charge in [-0.25, -0.2) is 4.79 Å². The molecule has 0 saturated heterocycles. The first-order chi connectivity index (χ1) is 12.6. The fourth-order valence-corrected chi connectivity index (χ4v) is 2.58. The van der Waals surface area contributed by atoms with Gasteiger partial charge in [-0.15, -0.1) is 0 Å². The van der Waals surface area contributed by atoms with Crippen LogP contribution in [0.2, 0.25) is 5.02 Å². The molecule has 2 N–H and O–H groups in total. The summed E-state index contributed by atoms with van der Waals surface area (Å²) in [7, 11) is 3.18. The maximum absolute atomic E-state index is 12.1. The van der Waals surface area contributed by atoms with E-state index in [0.717, 1.165) is 5.56 Å². The molecule has 0 unspecified atom stereocenters. The molecule has 7 heteroatoms. The molecule has 0 bridgehead atoms. The van der Waals surface area contributed by atoms with Gasteiger partial charge in [0.15, 0.2) is 11.5 Å². The number of carbonyl (C=O) groups excluding carboxylic acids is 1. The molecule has 2 aromatic rings. The van der Waals surface area contributed by atoms with Crippen LogP contribution in [0.5, 0.6) is 17.2 Å². The van der Waals surface area contributed by atoms with Gasteiger partial charge in [0.25, 0.3) is 0 Å². The van der Waals surface area contributed by atoms with Crippen molar-refractivity contribution in [2.75, 3.05) is 32.7 Å². The molecule has 0 aliphatic carbocycles. The van der Waals surface area contributed by atoms with Gasteiger partial charge in [0.2, 0.25) is 0 Å². The van der Waals surface area contributed by atoms with Crippen LogP contribution in [0.25, 0.3) is 0 Å². The lowest BCUT2D eigenvalue weighted by molar-refractivity contribution is 0.252. The molecule has 0 spiro atoms. The smallest absolute Gasteiger partial charge is 0.319 e. The Labute approximate surface area is 158 Å². The first-order valence-corrected chi connectivity index (χ1v) is 8.63. The minimum Gasteiger partial charge on any atom is -0.493 e. The zero-order chi connectivity index (χ0) is 18.9. The van der Waals surface area contributed by atoms with Crippen molar-refractivity contribution in [3.63, 3.8) is 0 Å². The van der Waals surface area contributed by atoms with E-state index in [2.05, 4.69) is 10.6 Å². The van der Waals surface area contributed by atoms with Crippen LogP contribution in [-0.4, -0.2) is 33.4 Å². The topological polar surface area (TPSA) is 68.8 Å². The van der Waals surface area contributed by atoms with E-state index >= 15 is 0 Å². The lowest BCUT2D eigenvalue weighted by Crippen LogP contribution is -2.30. The zero-order valence-corrected chi connectivity index (χ0v) is 15.9. The van der Waals surface area contributed by atoms with Crippen LogP contribution in [0.1, 0.15) is 12.5 Å². The fraction of sp³-hybridized carbons (Fsp3) is 0.316. The molecular formula is C19H23ClN2O4. The average Bonchev–Trinajstić information content (AvgIpc) is 2.64. The Hall–Kier alpha value is -2.60. The van der Waals surface area contributed by atoms with E-state index < -0.39 is 0 Å². The van der Waals surface area contributed by atoms with E-state index in [9.17, 15) is 4.79 Å². The van der Waals surface area contributed by atoms with Gasteiger partial charge in [0.05, 0.1) is 26.5 Å². The van der Waals surface area contributed by atoms with Crippen LogP contribution in [-0.2, 0) is 6.42 Å². The molecule has 0 radical (unpaired) electrons. The average molecular weight is 379 g/mol. The number of nitrogens with one attached hydrogen (secondary N) is 2. The maximum atomic E-state index is 12.1. The number of rotatable bonds is 8. The van der Waals surface area contributed by atoms with E-state index in [4.69, 9.17) is 25.8 Å². The van der Waals surface area contributed by atoms with E-state index in [1.54, 1.807) is 32.4 Å². The molecule has 2 amide bonds. The number of urea groups is 1. The van der Waals surface area contributed by atoms with Gasteiger partial charge in [-0.3, -0.25) is 0 Å². The summed E-state index contributed by atoms with van der Waals surface area (Å²) in [5.74, 6) is 1.91. The number of halogens is 1. The molecule has 2 rings (SSSR count). The number of hydrogen-bond donors (Lipinski definition) is 2. The van der Waals surface area contributed by atoms with Gasteiger partial charge in [0, 0.05) is 11.6 Å². The van der Waals surface area contributed by atoms with Crippen molar-refractivity contribution in [3.05, 3.63) is 47.0 Å². The van der Waals surface area contributed by atoms with Gasteiger partial charge < -0.3 is 24.8 Å². The normalized spacial score (nSPS) is 10.2. The summed E-state index contributed by atoms with van der Waals surface area (Å²) in [4.78, 5) is 12.1. The van der Waals surface area contributed by atoms with Crippen molar-refractivity contribution in [3.8, 4) is 17.2 Å². The van der Waals surface area contributed by atoms with Crippen molar-refractivity contribution in [2.24, 2.45) is 0 Å². The summed E-state index contributed by atoms with van der Waals surface area (Å²) in [6.07, 6.45) is 0.654. The van der Waals surface area contributed by atoms with Gasteiger partial charge in [-0.05, 0) is 49.2 Å². The van der Waals surface area contributed by atoms with E-state index in [1.165, 1.54) is 0 Å². The van der Waals surface area contributed by atoms with Crippen molar-refractivity contribution in [2.45, 2.75) is 13.3 Å². The molecule has 0 atom stereocenters. The van der Waals surface area contributed by atoms with Crippen molar-refractivity contribution in [1.82, 2.24) is 5.32 Å². The predicted molar refractivity (Wildman–Crippen MR) is 103 cm³/mol. The van der Waals surface area contributed by atoms with Crippen LogP contribution in [0.15, 0.2) is 36.4 Å². The number of hydrogen-bond acceptors (Lipinski definition) is 4. The Balaban J connectivity index is 1.91. The quantitative estimate of drug-likeness (QED) is 0.725. The lowest BCUT2D eigenvalue weighted by atomic mass is 10.1. The molecule has 0 aliphatic rings. The highest BCUT2D eigenvalue weighted by Gasteiger charge is 2.09. The number of benzene rings is 2. The Morgan fingerprint density at radius 2 is 1.77 bits per heavy atom. The molecule has 26 heavy (non-hydrogen) atoms. The molecular weight excluding hydrogens is 356 g/mol. The molecule has 0 aliphatic heterocycles. The first kappa shape index (κ1) is 19.7. The highest BCUT2D eigenvalue weighted by molar-refractivity contribution is 6.31. The van der Waals surface area contributed by atoms with Crippen LogP contribution < -0.4 is 24.8 Å². The van der Waals surface area contributed by atoms with Crippen LogP contribution in [0.4, 0.5) is 10.5 Å². The second kappa shape index (κ2) is 9.77. The standard InChI is InChI=1S/C19H23ClN2O4/c1-4-26-16-8-6-14(20)12-15(16)22-19(23)21-10-9-13-5-7-17(24-2)18(11-13)25-3/h5-8,11-12H,4,9-10H2,1-3H3,(H2,21,22,23). The number of amides is 2. The molecule has 0 saturated carbocycles. The number of carbonyl (C=O) groups is 1. The van der Waals surface area contributed by atoms with E-state index in [-0.39, 0.29) is 6.03 Å². The summed E-state index contributed by atoms with van der Waals surface area (Å²) in [6.45, 7) is 2.84. The maximum Gasteiger partial charge on any atom is 0.319 e. The van der Waals surface area contributed by atoms with Crippen molar-refractivity contribution < 1.29 is 19.0 Å². The van der Waals surface area contributed by atoms with Gasteiger partial charge in [-0.2, -0.15) is 0 Å². The molecule has 6 nitrogen and oxygen atoms in total. The molecule has 0 aromatic heterocycles. The number of methoxy groups -OCH3 is 2. The van der Waals surface area contributed by atoms with Crippen LogP contribution >= 0.6 is 11.6 Å². The van der Waals surface area contributed by atoms with Crippen molar-refractivity contribution >= 4 is 23.3 Å². The van der Waals surface area contributed by atoms with Crippen LogP contribution in [0, 0.1) is 0 Å². The first-order valence-electron chi connectivity index (χ1n) is 8.25. The second-order valence-corrected chi connectivity index (χ2v) is 5.83. The van der Waals surface area contributed by atoms with Gasteiger partial charge >= 0.3 is 6.03 Å². The lowest BCUT2D eigenvalue weighted by Gasteiger charge is -2.13. The second-order valence-electron chi connectivity index (χ2n) is 5.39. The summed E-state index contributed by atoms with van der Waals surface area (Å²) in [5, 5.41) is 6.10. The van der Waals surface area contributed by atoms with Gasteiger partial charge in [-0.1, -0.05) is 17.7 Å². The Bertz CT molecular complexity index is 752. The van der Waals surface area contributed by atoms with Crippen LogP contribution in [0.3, 0.4) is 0 Å². The van der Waals surface area contributed by atoms with E-state index in [0.29, 0.717) is 47.5 Å². The molecule has 0 fully saturated rings. The Kier molecular flexibility index (Phi) is 7.41. The minimum absolute atomic E-state index is 0.325. The summed E-state index contributed by atoms with van der Waals surface area (Å²) >= 11 is 5.99. The highest BCUT2D eigenvalue weighted by atomic mass is 35.5. The van der Waals surface area contributed by atoms with Gasteiger partial charge in [0.1, 0.15) is 5.75 Å². The third kappa shape index (κ3) is 5.46. The molecule has 140 valence electrons. The third-order valence-corrected chi connectivity index (χ3v) is 3.87.